The molecule has 0 heterocycles. The number of benzene rings is 1. The molecule has 0 atom stereocenters. The van der Waals surface area contributed by atoms with Gasteiger partial charge in [0.1, 0.15) is 0 Å². The van der Waals surface area contributed by atoms with Crippen LogP contribution in [0.3, 0.4) is 0 Å². The second kappa shape index (κ2) is 3.80. The second-order valence-corrected chi connectivity index (χ2v) is 7.48. The minimum absolute atomic E-state index is 1.33. The highest BCUT2D eigenvalue weighted by Gasteiger charge is 2.19. The molecule has 0 aliphatic carbocycles. The van der Waals surface area contributed by atoms with Crippen molar-refractivity contribution in [1.29, 1.82) is 0 Å². The normalized spacial score (nSPS) is 10.2. The monoisotopic (exact) mass is 194 g/mol. The summed E-state index contributed by atoms with van der Waals surface area (Å²) in [6.45, 7) is 4.38. The summed E-state index contributed by atoms with van der Waals surface area (Å²) in [5.74, 6) is 0. The molecule has 0 unspecified atom stereocenters. The zero-order valence-corrected chi connectivity index (χ0v) is 9.02. The second-order valence-electron chi connectivity index (χ2n) is 3.21. The van der Waals surface area contributed by atoms with Crippen LogP contribution in [0.5, 0.6) is 0 Å². The van der Waals surface area contributed by atoms with Crippen molar-refractivity contribution in [3.8, 4) is 10.9 Å². The lowest BCUT2D eigenvalue weighted by atomic mass is 10.4. The summed E-state index contributed by atoms with van der Waals surface area (Å²) in [6, 6.07) is 10.3. The standard InChI is InChI=1S/C10H11ClSi/c1-12(2,9-8-11)10-6-4-3-5-7-10/h3-7H,1-2H3. The van der Waals surface area contributed by atoms with E-state index in [0.29, 0.717) is 0 Å². The molecule has 1 aromatic rings. The first-order chi connectivity index (χ1) is 5.67. The van der Waals surface area contributed by atoms with Gasteiger partial charge in [0, 0.05) is 0 Å². The van der Waals surface area contributed by atoms with Crippen molar-refractivity contribution in [2.24, 2.45) is 0 Å². The fraction of sp³-hybridized carbons (Fsp3) is 0.200. The molecule has 0 amide bonds. The van der Waals surface area contributed by atoms with Gasteiger partial charge in [-0.2, -0.15) is 0 Å². The predicted octanol–water partition coefficient (Wildman–Crippen LogP) is 2.34. The van der Waals surface area contributed by atoms with E-state index in [9.17, 15) is 0 Å². The number of hydrogen-bond acceptors (Lipinski definition) is 0. The third-order valence-electron chi connectivity index (χ3n) is 1.86. The molecule has 2 heteroatoms. The Hall–Kier alpha value is -0.713. The van der Waals surface area contributed by atoms with Gasteiger partial charge in [-0.1, -0.05) is 43.4 Å². The zero-order chi connectivity index (χ0) is 9.03. The maximum atomic E-state index is 5.41. The first-order valence-electron chi connectivity index (χ1n) is 3.85. The molecule has 0 nitrogen and oxygen atoms in total. The fourth-order valence-corrected chi connectivity index (χ4v) is 3.16. The first kappa shape index (κ1) is 9.38. The smallest absolute Gasteiger partial charge is 0.109 e. The summed E-state index contributed by atoms with van der Waals surface area (Å²) < 4.78 is 0. The maximum absolute atomic E-state index is 5.41. The Kier molecular flexibility index (Phi) is 2.97. The highest BCUT2D eigenvalue weighted by atomic mass is 35.5. The minimum Gasteiger partial charge on any atom is -0.109 e. The molecule has 1 aromatic carbocycles. The zero-order valence-electron chi connectivity index (χ0n) is 7.26. The molecule has 0 aliphatic rings. The van der Waals surface area contributed by atoms with Crippen molar-refractivity contribution in [1.82, 2.24) is 0 Å². The molecule has 1 rings (SSSR count). The van der Waals surface area contributed by atoms with Gasteiger partial charge in [-0.05, 0) is 22.2 Å². The summed E-state index contributed by atoms with van der Waals surface area (Å²) >= 11 is 5.41. The van der Waals surface area contributed by atoms with Gasteiger partial charge in [-0.15, -0.1) is 5.54 Å². The van der Waals surface area contributed by atoms with Gasteiger partial charge in [0.2, 0.25) is 0 Å². The highest BCUT2D eigenvalue weighted by Crippen LogP contribution is 2.01. The molecule has 0 spiro atoms. The van der Waals surface area contributed by atoms with Gasteiger partial charge in [-0.3, -0.25) is 0 Å². The van der Waals surface area contributed by atoms with E-state index in [0.717, 1.165) is 0 Å². The van der Waals surface area contributed by atoms with Crippen molar-refractivity contribution < 1.29 is 0 Å². The summed E-state index contributed by atoms with van der Waals surface area (Å²) in [7, 11) is -1.57. The lowest BCUT2D eigenvalue weighted by molar-refractivity contribution is 1.72. The third kappa shape index (κ3) is 2.13. The number of hydrogen-bond donors (Lipinski definition) is 0. The molecule has 0 saturated carbocycles. The molecule has 12 heavy (non-hydrogen) atoms. The SMILES string of the molecule is C[Si](C)(C#CCl)c1ccccc1. The summed E-state index contributed by atoms with van der Waals surface area (Å²) in [5, 5.41) is 3.82. The molecule has 0 radical (unpaired) electrons. The third-order valence-corrected chi connectivity index (χ3v) is 4.63. The van der Waals surface area contributed by atoms with Crippen LogP contribution in [-0.2, 0) is 0 Å². The quantitative estimate of drug-likeness (QED) is 0.476. The van der Waals surface area contributed by atoms with E-state index in [2.05, 4.69) is 36.2 Å². The molecule has 0 saturated heterocycles. The molecule has 62 valence electrons. The van der Waals surface area contributed by atoms with Crippen molar-refractivity contribution in [2.45, 2.75) is 13.1 Å². The summed E-state index contributed by atoms with van der Waals surface area (Å²) in [6.07, 6.45) is 0. The van der Waals surface area contributed by atoms with Gasteiger partial charge in [0.05, 0.1) is 0 Å². The molecule has 0 aliphatic heterocycles. The largest absolute Gasteiger partial charge is 0.164 e. The molecular formula is C10H11ClSi. The van der Waals surface area contributed by atoms with Gasteiger partial charge in [0.15, 0.2) is 8.07 Å². The fourth-order valence-electron chi connectivity index (χ4n) is 1.05. The van der Waals surface area contributed by atoms with Crippen LogP contribution in [0.2, 0.25) is 13.1 Å². The Labute approximate surface area is 79.6 Å². The Bertz CT molecular complexity index is 306. The average Bonchev–Trinajstić information content (AvgIpc) is 2.06. The van der Waals surface area contributed by atoms with Crippen molar-refractivity contribution in [3.63, 3.8) is 0 Å². The molecule has 0 N–H and O–H groups in total. The first-order valence-corrected chi connectivity index (χ1v) is 7.23. The van der Waals surface area contributed by atoms with Crippen molar-refractivity contribution >= 4 is 24.9 Å². The molecule has 0 aromatic heterocycles. The van der Waals surface area contributed by atoms with Crippen molar-refractivity contribution in [3.05, 3.63) is 30.3 Å². The van der Waals surface area contributed by atoms with Gasteiger partial charge in [-0.25, -0.2) is 0 Å². The van der Waals surface area contributed by atoms with Crippen LogP contribution in [0.15, 0.2) is 30.3 Å². The molecule has 0 fully saturated rings. The van der Waals surface area contributed by atoms with Crippen LogP contribution >= 0.6 is 11.6 Å². The van der Waals surface area contributed by atoms with Gasteiger partial charge in [0.25, 0.3) is 0 Å². The molecule has 0 bridgehead atoms. The van der Waals surface area contributed by atoms with Crippen LogP contribution < -0.4 is 5.19 Å². The predicted molar refractivity (Wildman–Crippen MR) is 57.2 cm³/mol. The number of halogens is 1. The lowest BCUT2D eigenvalue weighted by Gasteiger charge is -2.14. The Morgan fingerprint density at radius 1 is 1.17 bits per heavy atom. The number of rotatable bonds is 1. The minimum atomic E-state index is -1.57. The lowest BCUT2D eigenvalue weighted by Crippen LogP contribution is -2.39. The maximum Gasteiger partial charge on any atom is 0.164 e. The van der Waals surface area contributed by atoms with E-state index in [1.54, 1.807) is 0 Å². The Morgan fingerprint density at radius 2 is 1.75 bits per heavy atom. The van der Waals surface area contributed by atoms with Crippen molar-refractivity contribution in [2.75, 3.05) is 0 Å². The Morgan fingerprint density at radius 3 is 2.25 bits per heavy atom. The van der Waals surface area contributed by atoms with E-state index in [1.807, 2.05) is 18.2 Å². The van der Waals surface area contributed by atoms with Crippen LogP contribution in [0.1, 0.15) is 0 Å². The van der Waals surface area contributed by atoms with E-state index < -0.39 is 8.07 Å². The van der Waals surface area contributed by atoms with E-state index in [4.69, 9.17) is 11.6 Å². The van der Waals surface area contributed by atoms with E-state index >= 15 is 0 Å². The summed E-state index contributed by atoms with van der Waals surface area (Å²) in [4.78, 5) is 0. The highest BCUT2D eigenvalue weighted by molar-refractivity contribution is 6.96. The van der Waals surface area contributed by atoms with E-state index in [1.165, 1.54) is 5.19 Å². The Balaban J connectivity index is 3.03. The van der Waals surface area contributed by atoms with Gasteiger partial charge < -0.3 is 0 Å². The van der Waals surface area contributed by atoms with Crippen LogP contribution in [0.25, 0.3) is 0 Å². The van der Waals surface area contributed by atoms with Crippen LogP contribution in [-0.4, -0.2) is 8.07 Å². The van der Waals surface area contributed by atoms with Gasteiger partial charge >= 0.3 is 0 Å². The topological polar surface area (TPSA) is 0 Å². The summed E-state index contributed by atoms with van der Waals surface area (Å²) in [5.41, 5.74) is 3.09. The average molecular weight is 195 g/mol. The van der Waals surface area contributed by atoms with Crippen LogP contribution in [0.4, 0.5) is 0 Å². The van der Waals surface area contributed by atoms with Crippen LogP contribution in [0, 0.1) is 10.9 Å². The molecular weight excluding hydrogens is 184 g/mol. The van der Waals surface area contributed by atoms with E-state index in [-0.39, 0.29) is 0 Å².